The average molecular weight is 222 g/mol. The fraction of sp³-hybridized carbons (Fsp3) is 0.462. The van der Waals surface area contributed by atoms with Gasteiger partial charge in [0, 0.05) is 0 Å². The molecule has 1 rings (SSSR count). The first kappa shape index (κ1) is 12.6. The van der Waals surface area contributed by atoms with Crippen LogP contribution in [0.1, 0.15) is 26.5 Å². The van der Waals surface area contributed by atoms with Gasteiger partial charge in [-0.15, -0.1) is 0 Å². The van der Waals surface area contributed by atoms with Crippen molar-refractivity contribution < 1.29 is 13.9 Å². The molecule has 0 aromatic carbocycles. The topological polar surface area (TPSA) is 39.4 Å². The van der Waals surface area contributed by atoms with E-state index >= 15 is 0 Å². The fourth-order valence-corrected chi connectivity index (χ4v) is 1.14. The van der Waals surface area contributed by atoms with E-state index in [2.05, 4.69) is 13.8 Å². The Hall–Kier alpha value is -1.51. The smallest absolute Gasteiger partial charge is 0.312 e. The molecule has 0 aliphatic rings. The summed E-state index contributed by atoms with van der Waals surface area (Å²) in [5.41, 5.74) is 0. The normalized spacial score (nSPS) is 13.2. The van der Waals surface area contributed by atoms with Crippen molar-refractivity contribution >= 4 is 5.97 Å². The van der Waals surface area contributed by atoms with E-state index < -0.39 is 0 Å². The summed E-state index contributed by atoms with van der Waals surface area (Å²) >= 11 is 0. The summed E-state index contributed by atoms with van der Waals surface area (Å²) in [6, 6.07) is 3.55. The summed E-state index contributed by atoms with van der Waals surface area (Å²) in [4.78, 5) is 11.5. The number of hydrogen-bond donors (Lipinski definition) is 0. The molecule has 0 N–H and O–H groups in total. The first-order valence-electron chi connectivity index (χ1n) is 5.47. The van der Waals surface area contributed by atoms with Crippen molar-refractivity contribution in [2.45, 2.75) is 27.4 Å². The van der Waals surface area contributed by atoms with Gasteiger partial charge in [-0.1, -0.05) is 26.0 Å². The number of allylic oxidation sites excluding steroid dienone is 1. The first-order chi connectivity index (χ1) is 7.59. The number of furan rings is 1. The molecule has 0 bridgehead atoms. The van der Waals surface area contributed by atoms with E-state index in [9.17, 15) is 4.79 Å². The van der Waals surface area contributed by atoms with Gasteiger partial charge in [-0.05, 0) is 25.0 Å². The third kappa shape index (κ3) is 4.34. The second kappa shape index (κ2) is 6.16. The highest BCUT2D eigenvalue weighted by molar-refractivity contribution is 5.73. The van der Waals surface area contributed by atoms with Crippen LogP contribution in [0, 0.1) is 11.8 Å². The molecule has 1 aromatic heterocycles. The molecule has 1 atom stereocenters. The summed E-state index contributed by atoms with van der Waals surface area (Å²) in [7, 11) is 0. The Balaban J connectivity index is 2.34. The van der Waals surface area contributed by atoms with Crippen molar-refractivity contribution in [2.75, 3.05) is 0 Å². The van der Waals surface area contributed by atoms with Crippen LogP contribution >= 0.6 is 0 Å². The second-order valence-electron chi connectivity index (χ2n) is 4.10. The van der Waals surface area contributed by atoms with Gasteiger partial charge >= 0.3 is 5.97 Å². The Morgan fingerprint density at radius 2 is 2.19 bits per heavy atom. The van der Waals surface area contributed by atoms with Gasteiger partial charge < -0.3 is 9.15 Å². The lowest BCUT2D eigenvalue weighted by atomic mass is 10.1. The molecule has 0 fully saturated rings. The Kier molecular flexibility index (Phi) is 4.83. The van der Waals surface area contributed by atoms with Crippen LogP contribution in [-0.2, 0) is 16.1 Å². The molecule has 3 nitrogen and oxygen atoms in total. The number of ether oxygens (including phenoxy) is 1. The minimum atomic E-state index is -0.228. The lowest BCUT2D eigenvalue weighted by Crippen LogP contribution is -2.12. The highest BCUT2D eigenvalue weighted by atomic mass is 16.5. The lowest BCUT2D eigenvalue weighted by molar-refractivity contribution is -0.148. The van der Waals surface area contributed by atoms with E-state index in [4.69, 9.17) is 9.15 Å². The monoisotopic (exact) mass is 222 g/mol. The Morgan fingerprint density at radius 1 is 1.44 bits per heavy atom. The maximum absolute atomic E-state index is 11.5. The lowest BCUT2D eigenvalue weighted by Gasteiger charge is -2.06. The quantitative estimate of drug-likeness (QED) is 0.567. The second-order valence-corrected chi connectivity index (χ2v) is 4.10. The summed E-state index contributed by atoms with van der Waals surface area (Å²) in [6.45, 7) is 6.16. The summed E-state index contributed by atoms with van der Waals surface area (Å²) < 4.78 is 10.2. The van der Waals surface area contributed by atoms with Crippen LogP contribution in [0.15, 0.2) is 35.0 Å². The van der Waals surface area contributed by atoms with Crippen LogP contribution in [0.2, 0.25) is 0 Å². The van der Waals surface area contributed by atoms with Gasteiger partial charge in [0.25, 0.3) is 0 Å². The molecule has 88 valence electrons. The SMILES string of the molecule is CC(C)/C=C\C(C)C(=O)OCc1ccco1. The standard InChI is InChI=1S/C13H18O3/c1-10(2)6-7-11(3)13(14)16-9-12-5-4-8-15-12/h4-8,10-11H,9H2,1-3H3/b7-6-. The molecule has 1 unspecified atom stereocenters. The maximum atomic E-state index is 11.5. The van der Waals surface area contributed by atoms with Gasteiger partial charge in [-0.3, -0.25) is 4.79 Å². The third-order valence-corrected chi connectivity index (χ3v) is 2.09. The Morgan fingerprint density at radius 3 is 2.75 bits per heavy atom. The van der Waals surface area contributed by atoms with E-state index in [1.165, 1.54) is 0 Å². The largest absolute Gasteiger partial charge is 0.466 e. The Labute approximate surface area is 96.1 Å². The van der Waals surface area contributed by atoms with Crippen LogP contribution in [0.25, 0.3) is 0 Å². The number of hydrogen-bond acceptors (Lipinski definition) is 3. The van der Waals surface area contributed by atoms with Crippen molar-refractivity contribution in [3.05, 3.63) is 36.3 Å². The van der Waals surface area contributed by atoms with Gasteiger partial charge in [-0.25, -0.2) is 0 Å². The summed E-state index contributed by atoms with van der Waals surface area (Å²) in [5, 5.41) is 0. The number of carbonyl (C=O) groups is 1. The van der Waals surface area contributed by atoms with Crippen LogP contribution in [-0.4, -0.2) is 5.97 Å². The molecule has 1 aromatic rings. The molecule has 0 radical (unpaired) electrons. The molecule has 1 heterocycles. The van der Waals surface area contributed by atoms with E-state index in [0.29, 0.717) is 11.7 Å². The highest BCUT2D eigenvalue weighted by Gasteiger charge is 2.11. The average Bonchev–Trinajstić information content (AvgIpc) is 2.75. The van der Waals surface area contributed by atoms with E-state index in [1.54, 1.807) is 18.4 Å². The van der Waals surface area contributed by atoms with E-state index in [-0.39, 0.29) is 18.5 Å². The highest BCUT2D eigenvalue weighted by Crippen LogP contribution is 2.07. The van der Waals surface area contributed by atoms with Crippen molar-refractivity contribution in [1.29, 1.82) is 0 Å². The van der Waals surface area contributed by atoms with Crippen LogP contribution in [0.4, 0.5) is 0 Å². The molecule has 16 heavy (non-hydrogen) atoms. The third-order valence-electron chi connectivity index (χ3n) is 2.09. The van der Waals surface area contributed by atoms with Crippen molar-refractivity contribution in [2.24, 2.45) is 11.8 Å². The minimum absolute atomic E-state index is 0.200. The molecule has 3 heteroatoms. The van der Waals surface area contributed by atoms with Gasteiger partial charge in [0.1, 0.15) is 12.4 Å². The molecule has 0 saturated heterocycles. The molecule has 0 aliphatic carbocycles. The molecule has 0 aliphatic heterocycles. The van der Waals surface area contributed by atoms with Gasteiger partial charge in [0.15, 0.2) is 0 Å². The predicted molar refractivity (Wildman–Crippen MR) is 61.6 cm³/mol. The summed E-state index contributed by atoms with van der Waals surface area (Å²) in [6.07, 6.45) is 5.43. The van der Waals surface area contributed by atoms with Crippen LogP contribution in [0.5, 0.6) is 0 Å². The fourth-order valence-electron chi connectivity index (χ4n) is 1.14. The Bertz CT molecular complexity index is 336. The van der Waals surface area contributed by atoms with E-state index in [1.807, 2.05) is 19.1 Å². The zero-order valence-corrected chi connectivity index (χ0v) is 9.97. The predicted octanol–water partition coefficient (Wildman–Crippen LogP) is 3.17. The first-order valence-corrected chi connectivity index (χ1v) is 5.47. The zero-order chi connectivity index (χ0) is 12.0. The molecule has 0 amide bonds. The van der Waals surface area contributed by atoms with Crippen molar-refractivity contribution in [1.82, 2.24) is 0 Å². The number of carbonyl (C=O) groups excluding carboxylic acids is 1. The zero-order valence-electron chi connectivity index (χ0n) is 9.97. The minimum Gasteiger partial charge on any atom is -0.466 e. The number of esters is 1. The number of rotatable bonds is 5. The van der Waals surface area contributed by atoms with Gasteiger partial charge in [0.05, 0.1) is 12.2 Å². The molecular weight excluding hydrogens is 204 g/mol. The molecular formula is C13H18O3. The molecule has 0 spiro atoms. The van der Waals surface area contributed by atoms with E-state index in [0.717, 1.165) is 0 Å². The summed E-state index contributed by atoms with van der Waals surface area (Å²) in [5.74, 6) is 0.666. The van der Waals surface area contributed by atoms with Crippen molar-refractivity contribution in [3.63, 3.8) is 0 Å². The van der Waals surface area contributed by atoms with Crippen LogP contribution < -0.4 is 0 Å². The van der Waals surface area contributed by atoms with Gasteiger partial charge in [-0.2, -0.15) is 0 Å². The van der Waals surface area contributed by atoms with Crippen molar-refractivity contribution in [3.8, 4) is 0 Å². The van der Waals surface area contributed by atoms with Crippen LogP contribution in [0.3, 0.4) is 0 Å². The molecule has 0 saturated carbocycles. The maximum Gasteiger partial charge on any atom is 0.312 e. The van der Waals surface area contributed by atoms with Gasteiger partial charge in [0.2, 0.25) is 0 Å².